The first kappa shape index (κ1) is 14.1. The molecule has 0 aliphatic carbocycles. The molecule has 0 aliphatic heterocycles. The number of hydrogen-bond acceptors (Lipinski definition) is 4. The molecule has 1 aromatic carbocycles. The summed E-state index contributed by atoms with van der Waals surface area (Å²) >= 11 is 3.02. The minimum atomic E-state index is -0.593. The van der Waals surface area contributed by atoms with Gasteiger partial charge in [-0.2, -0.15) is 0 Å². The summed E-state index contributed by atoms with van der Waals surface area (Å²) in [6.07, 6.45) is 0.0182. The third-order valence-corrected chi connectivity index (χ3v) is 2.73. The summed E-state index contributed by atoms with van der Waals surface area (Å²) in [4.78, 5) is 32.2. The smallest absolute Gasteiger partial charge is 0.284 e. The fourth-order valence-corrected chi connectivity index (χ4v) is 1.59. The summed E-state index contributed by atoms with van der Waals surface area (Å²) in [6.45, 7) is 0.0953. The van der Waals surface area contributed by atoms with Crippen LogP contribution in [-0.2, 0) is 4.79 Å². The van der Waals surface area contributed by atoms with Crippen molar-refractivity contribution in [2.75, 3.05) is 6.54 Å². The minimum absolute atomic E-state index is 0.0182. The number of benzene rings is 1. The van der Waals surface area contributed by atoms with Crippen LogP contribution in [0.5, 0.6) is 0 Å². The van der Waals surface area contributed by atoms with Crippen molar-refractivity contribution in [1.82, 2.24) is 5.32 Å². The van der Waals surface area contributed by atoms with Crippen LogP contribution < -0.4 is 11.1 Å². The fourth-order valence-electron chi connectivity index (χ4n) is 1.20. The van der Waals surface area contributed by atoms with Gasteiger partial charge in [0.05, 0.1) is 9.40 Å². The molecule has 7 nitrogen and oxygen atoms in total. The van der Waals surface area contributed by atoms with Crippen LogP contribution in [0.2, 0.25) is 0 Å². The Bertz CT molecular complexity index is 504. The van der Waals surface area contributed by atoms with E-state index in [0.29, 0.717) is 4.47 Å². The van der Waals surface area contributed by atoms with Crippen LogP contribution >= 0.6 is 15.9 Å². The second-order valence-corrected chi connectivity index (χ2v) is 4.25. The standard InChI is InChI=1S/C10H10BrN3O4/c11-7-2-1-6(5-8(7)14(17)18)10(16)13-4-3-9(12)15/h1-2,5H,3-4H2,(H2,12,15)(H,13,16). The van der Waals surface area contributed by atoms with E-state index >= 15 is 0 Å². The molecule has 0 radical (unpaired) electrons. The lowest BCUT2D eigenvalue weighted by atomic mass is 10.2. The summed E-state index contributed by atoms with van der Waals surface area (Å²) in [6, 6.07) is 4.02. The second-order valence-electron chi connectivity index (χ2n) is 3.40. The van der Waals surface area contributed by atoms with Crippen LogP contribution in [0.4, 0.5) is 5.69 Å². The number of halogens is 1. The zero-order valence-electron chi connectivity index (χ0n) is 9.18. The maximum Gasteiger partial charge on any atom is 0.284 e. The summed E-state index contributed by atoms with van der Waals surface area (Å²) in [5.41, 5.74) is 4.87. The highest BCUT2D eigenvalue weighted by Gasteiger charge is 2.15. The highest BCUT2D eigenvalue weighted by atomic mass is 79.9. The van der Waals surface area contributed by atoms with Gasteiger partial charge in [0.2, 0.25) is 5.91 Å². The summed E-state index contributed by atoms with van der Waals surface area (Å²) in [5.74, 6) is -1.02. The Morgan fingerprint density at radius 2 is 2.11 bits per heavy atom. The molecule has 0 unspecified atom stereocenters. The number of primary amides is 1. The van der Waals surface area contributed by atoms with Gasteiger partial charge in [-0.05, 0) is 28.1 Å². The van der Waals surface area contributed by atoms with Crippen molar-refractivity contribution in [2.45, 2.75) is 6.42 Å². The van der Waals surface area contributed by atoms with Gasteiger partial charge in [0.1, 0.15) is 0 Å². The highest BCUT2D eigenvalue weighted by Crippen LogP contribution is 2.25. The van der Waals surface area contributed by atoms with E-state index in [2.05, 4.69) is 21.2 Å². The Balaban J connectivity index is 2.77. The predicted octanol–water partition coefficient (Wildman–Crippen LogP) is 0.962. The van der Waals surface area contributed by atoms with Crippen LogP contribution in [0.25, 0.3) is 0 Å². The molecule has 3 N–H and O–H groups in total. The van der Waals surface area contributed by atoms with Gasteiger partial charge in [0.15, 0.2) is 0 Å². The number of carbonyl (C=O) groups excluding carboxylic acids is 2. The fraction of sp³-hybridized carbons (Fsp3) is 0.200. The summed E-state index contributed by atoms with van der Waals surface area (Å²) in [7, 11) is 0. The Kier molecular flexibility index (Phi) is 4.78. The molecular weight excluding hydrogens is 306 g/mol. The van der Waals surface area contributed by atoms with Crippen molar-refractivity contribution >= 4 is 33.4 Å². The zero-order chi connectivity index (χ0) is 13.7. The van der Waals surface area contributed by atoms with Crippen LogP contribution in [0.15, 0.2) is 22.7 Å². The van der Waals surface area contributed by atoms with Gasteiger partial charge in [-0.3, -0.25) is 19.7 Å². The van der Waals surface area contributed by atoms with E-state index in [-0.39, 0.29) is 24.2 Å². The van der Waals surface area contributed by atoms with E-state index in [1.807, 2.05) is 0 Å². The van der Waals surface area contributed by atoms with Gasteiger partial charge >= 0.3 is 0 Å². The molecule has 96 valence electrons. The van der Waals surface area contributed by atoms with Crippen molar-refractivity contribution in [3.8, 4) is 0 Å². The molecule has 0 aliphatic rings. The molecule has 1 rings (SSSR count). The first-order chi connectivity index (χ1) is 8.41. The topological polar surface area (TPSA) is 115 Å². The number of nitro groups is 1. The van der Waals surface area contributed by atoms with E-state index in [1.54, 1.807) is 0 Å². The first-order valence-corrected chi connectivity index (χ1v) is 5.71. The number of hydrogen-bond donors (Lipinski definition) is 2. The maximum absolute atomic E-state index is 11.6. The average molecular weight is 316 g/mol. The van der Waals surface area contributed by atoms with Crippen molar-refractivity contribution in [1.29, 1.82) is 0 Å². The molecule has 0 aromatic heterocycles. The molecule has 0 bridgehead atoms. The quantitative estimate of drug-likeness (QED) is 0.622. The number of nitrogens with two attached hydrogens (primary N) is 1. The number of rotatable bonds is 5. The third-order valence-electron chi connectivity index (χ3n) is 2.06. The molecule has 18 heavy (non-hydrogen) atoms. The average Bonchev–Trinajstić information content (AvgIpc) is 2.28. The lowest BCUT2D eigenvalue weighted by molar-refractivity contribution is -0.385. The Morgan fingerprint density at radius 3 is 2.67 bits per heavy atom. The van der Waals surface area contributed by atoms with Gasteiger partial charge in [0.25, 0.3) is 11.6 Å². The SMILES string of the molecule is NC(=O)CCNC(=O)c1ccc(Br)c([N+](=O)[O-])c1. The molecule has 8 heteroatoms. The monoisotopic (exact) mass is 315 g/mol. The van der Waals surface area contributed by atoms with Gasteiger partial charge < -0.3 is 11.1 Å². The summed E-state index contributed by atoms with van der Waals surface area (Å²) in [5, 5.41) is 13.1. The van der Waals surface area contributed by atoms with Crippen LogP contribution in [0, 0.1) is 10.1 Å². The Morgan fingerprint density at radius 1 is 1.44 bits per heavy atom. The first-order valence-electron chi connectivity index (χ1n) is 4.92. The molecule has 0 saturated carbocycles. The van der Waals surface area contributed by atoms with Crippen molar-refractivity contribution in [3.63, 3.8) is 0 Å². The molecule has 0 spiro atoms. The van der Waals surface area contributed by atoms with E-state index in [4.69, 9.17) is 5.73 Å². The normalized spacial score (nSPS) is 9.83. The largest absolute Gasteiger partial charge is 0.370 e. The summed E-state index contributed by atoms with van der Waals surface area (Å²) < 4.78 is 0.293. The van der Waals surface area contributed by atoms with Gasteiger partial charge in [-0.25, -0.2) is 0 Å². The van der Waals surface area contributed by atoms with Gasteiger partial charge in [0, 0.05) is 24.6 Å². The molecular formula is C10H10BrN3O4. The Hall–Kier alpha value is -1.96. The van der Waals surface area contributed by atoms with E-state index < -0.39 is 16.7 Å². The maximum atomic E-state index is 11.6. The highest BCUT2D eigenvalue weighted by molar-refractivity contribution is 9.10. The molecule has 0 fully saturated rings. The van der Waals surface area contributed by atoms with Crippen molar-refractivity contribution in [3.05, 3.63) is 38.3 Å². The van der Waals surface area contributed by atoms with Crippen LogP contribution in [-0.4, -0.2) is 23.3 Å². The molecule has 1 aromatic rings. The minimum Gasteiger partial charge on any atom is -0.370 e. The van der Waals surface area contributed by atoms with E-state index in [0.717, 1.165) is 6.07 Å². The molecule has 0 heterocycles. The third kappa shape index (κ3) is 3.81. The lowest BCUT2D eigenvalue weighted by Crippen LogP contribution is -2.27. The zero-order valence-corrected chi connectivity index (χ0v) is 10.8. The van der Waals surface area contributed by atoms with E-state index in [9.17, 15) is 19.7 Å². The molecule has 0 saturated heterocycles. The Labute approximate surface area is 111 Å². The predicted molar refractivity (Wildman–Crippen MR) is 66.9 cm³/mol. The van der Waals surface area contributed by atoms with Gasteiger partial charge in [-0.15, -0.1) is 0 Å². The number of nitro benzene ring substituents is 1. The molecule has 0 atom stereocenters. The van der Waals surface area contributed by atoms with Crippen molar-refractivity contribution in [2.24, 2.45) is 5.73 Å². The van der Waals surface area contributed by atoms with Crippen molar-refractivity contribution < 1.29 is 14.5 Å². The number of nitrogens with one attached hydrogen (secondary N) is 1. The van der Waals surface area contributed by atoms with Crippen LogP contribution in [0.3, 0.4) is 0 Å². The number of amides is 2. The van der Waals surface area contributed by atoms with E-state index in [1.165, 1.54) is 12.1 Å². The molecule has 2 amide bonds. The van der Waals surface area contributed by atoms with Crippen LogP contribution in [0.1, 0.15) is 16.8 Å². The lowest BCUT2D eigenvalue weighted by Gasteiger charge is -2.04. The van der Waals surface area contributed by atoms with Gasteiger partial charge in [-0.1, -0.05) is 0 Å². The number of nitrogens with zero attached hydrogens (tertiary/aromatic N) is 1. The second kappa shape index (κ2) is 6.10. The number of carbonyl (C=O) groups is 2.